The lowest BCUT2D eigenvalue weighted by Gasteiger charge is -2.25. The van der Waals surface area contributed by atoms with Crippen LogP contribution in [0.1, 0.15) is 48.0 Å². The van der Waals surface area contributed by atoms with E-state index in [1.54, 1.807) is 12.1 Å². The minimum atomic E-state index is -0.961. The maximum atomic E-state index is 13.5. The second-order valence-electron chi connectivity index (χ2n) is 9.28. The molecule has 0 saturated carbocycles. The minimum Gasteiger partial charge on any atom is -0.506 e. The van der Waals surface area contributed by atoms with Crippen molar-refractivity contribution in [3.63, 3.8) is 0 Å². The monoisotopic (exact) mass is 500 g/mol. The normalized spacial score (nSPS) is 16.7. The molecule has 10 heteroatoms. The van der Waals surface area contributed by atoms with Gasteiger partial charge < -0.3 is 19.9 Å². The van der Waals surface area contributed by atoms with Gasteiger partial charge in [0.2, 0.25) is 5.91 Å². The molecule has 4 rings (SSSR count). The van der Waals surface area contributed by atoms with Crippen LogP contribution in [0.4, 0.5) is 0 Å². The molecule has 0 radical (unpaired) electrons. The van der Waals surface area contributed by atoms with E-state index in [-0.39, 0.29) is 18.0 Å². The summed E-state index contributed by atoms with van der Waals surface area (Å²) in [5.41, 5.74) is 1.66. The molecule has 2 heterocycles. The van der Waals surface area contributed by atoms with Crippen molar-refractivity contribution in [2.24, 2.45) is 5.92 Å². The van der Waals surface area contributed by atoms with Crippen LogP contribution in [-0.2, 0) is 25.3 Å². The molecule has 1 aliphatic rings. The van der Waals surface area contributed by atoms with E-state index in [2.05, 4.69) is 20.6 Å². The fourth-order valence-electron chi connectivity index (χ4n) is 4.15. The van der Waals surface area contributed by atoms with E-state index in [0.717, 1.165) is 5.56 Å². The number of nitrogens with zero attached hydrogens (tertiary/aromatic N) is 2. The van der Waals surface area contributed by atoms with Crippen LogP contribution in [0.25, 0.3) is 0 Å². The van der Waals surface area contributed by atoms with Crippen LogP contribution in [0.15, 0.2) is 79.3 Å². The van der Waals surface area contributed by atoms with E-state index < -0.39 is 43.0 Å². The van der Waals surface area contributed by atoms with Crippen LogP contribution in [0.3, 0.4) is 0 Å². The molecule has 37 heavy (non-hydrogen) atoms. The van der Waals surface area contributed by atoms with Crippen LogP contribution in [0.5, 0.6) is 0 Å². The van der Waals surface area contributed by atoms with Gasteiger partial charge in [0.25, 0.3) is 5.91 Å². The van der Waals surface area contributed by atoms with E-state index in [1.807, 2.05) is 62.4 Å². The number of aromatic nitrogens is 2. The lowest BCUT2D eigenvalue weighted by atomic mass is 9.74. The molecular formula is C27H29BN4O5. The lowest BCUT2D eigenvalue weighted by Crippen LogP contribution is -2.55. The third-order valence-corrected chi connectivity index (χ3v) is 5.90. The Morgan fingerprint density at radius 2 is 1.70 bits per heavy atom. The molecule has 0 spiro atoms. The Morgan fingerprint density at radius 3 is 2.35 bits per heavy atom. The SMILES string of the molecule is CC(C)C[C@H](NC(=O)[C@H](Cc1ccccc1)NC(=O)c1cnccn1)B1OC(=O)C(c2ccccc2)O1. The zero-order valence-corrected chi connectivity index (χ0v) is 20.7. The smallest absolute Gasteiger partial charge is 0.506 e. The highest BCUT2D eigenvalue weighted by molar-refractivity contribution is 6.51. The lowest BCUT2D eigenvalue weighted by molar-refractivity contribution is -0.136. The molecule has 2 amide bonds. The molecule has 1 aromatic heterocycles. The summed E-state index contributed by atoms with van der Waals surface area (Å²) in [7, 11) is -0.961. The summed E-state index contributed by atoms with van der Waals surface area (Å²) in [6.45, 7) is 4.00. The van der Waals surface area contributed by atoms with Crippen molar-refractivity contribution < 1.29 is 23.7 Å². The maximum Gasteiger partial charge on any atom is 0.552 e. The van der Waals surface area contributed by atoms with E-state index in [1.165, 1.54) is 18.6 Å². The zero-order valence-electron chi connectivity index (χ0n) is 20.7. The molecule has 2 aromatic carbocycles. The molecule has 2 N–H and O–H groups in total. The van der Waals surface area contributed by atoms with E-state index in [4.69, 9.17) is 9.31 Å². The Morgan fingerprint density at radius 1 is 1.00 bits per heavy atom. The predicted molar refractivity (Wildman–Crippen MR) is 137 cm³/mol. The molecule has 190 valence electrons. The van der Waals surface area contributed by atoms with Crippen molar-refractivity contribution in [2.45, 2.75) is 44.8 Å². The average Bonchev–Trinajstić information content (AvgIpc) is 3.30. The molecule has 1 unspecified atom stereocenters. The third-order valence-electron chi connectivity index (χ3n) is 5.90. The van der Waals surface area contributed by atoms with Crippen molar-refractivity contribution >= 4 is 24.9 Å². The summed E-state index contributed by atoms with van der Waals surface area (Å²) in [6.07, 6.45) is 4.10. The molecule has 1 aliphatic heterocycles. The number of nitrogens with one attached hydrogen (secondary N) is 2. The van der Waals surface area contributed by atoms with Crippen LogP contribution in [0, 0.1) is 5.92 Å². The van der Waals surface area contributed by atoms with Gasteiger partial charge in [0.05, 0.1) is 12.1 Å². The van der Waals surface area contributed by atoms with Crippen molar-refractivity contribution in [1.82, 2.24) is 20.6 Å². The number of hydrogen-bond acceptors (Lipinski definition) is 7. The van der Waals surface area contributed by atoms with Crippen molar-refractivity contribution in [2.75, 3.05) is 0 Å². The number of hydrogen-bond donors (Lipinski definition) is 2. The molecule has 9 nitrogen and oxygen atoms in total. The van der Waals surface area contributed by atoms with E-state index >= 15 is 0 Å². The number of amides is 2. The van der Waals surface area contributed by atoms with Crippen molar-refractivity contribution in [1.29, 1.82) is 0 Å². The van der Waals surface area contributed by atoms with Gasteiger partial charge in [0.15, 0.2) is 6.10 Å². The second kappa shape index (κ2) is 12.3. The molecule has 0 bridgehead atoms. The Kier molecular flexibility index (Phi) is 8.63. The summed E-state index contributed by atoms with van der Waals surface area (Å²) in [5, 5.41) is 5.74. The van der Waals surface area contributed by atoms with E-state index in [0.29, 0.717) is 12.0 Å². The Balaban J connectivity index is 1.52. The summed E-state index contributed by atoms with van der Waals surface area (Å²) >= 11 is 0. The molecule has 3 aromatic rings. The molecule has 0 aliphatic carbocycles. The Bertz CT molecular complexity index is 1200. The van der Waals surface area contributed by atoms with Gasteiger partial charge in [0, 0.05) is 18.8 Å². The van der Waals surface area contributed by atoms with Crippen LogP contribution < -0.4 is 10.6 Å². The fraction of sp³-hybridized carbons (Fsp3) is 0.296. The van der Waals surface area contributed by atoms with Gasteiger partial charge in [0.1, 0.15) is 11.7 Å². The van der Waals surface area contributed by atoms with Gasteiger partial charge in [-0.25, -0.2) is 4.98 Å². The third kappa shape index (κ3) is 7.01. The van der Waals surface area contributed by atoms with Gasteiger partial charge in [-0.15, -0.1) is 0 Å². The second-order valence-corrected chi connectivity index (χ2v) is 9.28. The first-order valence-corrected chi connectivity index (χ1v) is 12.2. The van der Waals surface area contributed by atoms with Gasteiger partial charge in [-0.3, -0.25) is 19.4 Å². The minimum absolute atomic E-state index is 0.103. The predicted octanol–water partition coefficient (Wildman–Crippen LogP) is 2.69. The number of benzene rings is 2. The van der Waals surface area contributed by atoms with Crippen molar-refractivity contribution in [3.05, 3.63) is 96.1 Å². The van der Waals surface area contributed by atoms with E-state index in [9.17, 15) is 14.4 Å². The molecular weight excluding hydrogens is 471 g/mol. The first-order chi connectivity index (χ1) is 17.9. The quantitative estimate of drug-likeness (QED) is 0.411. The molecule has 3 atom stereocenters. The number of rotatable bonds is 10. The van der Waals surface area contributed by atoms with Gasteiger partial charge >= 0.3 is 13.1 Å². The summed E-state index contributed by atoms with van der Waals surface area (Å²) in [4.78, 5) is 46.9. The fourth-order valence-corrected chi connectivity index (χ4v) is 4.15. The standard InChI is InChI=1S/C27H29BN4O5/c1-18(2)15-23(28-36-24(27(35)37-28)20-11-7-4-8-12-20)32-25(33)21(16-19-9-5-3-6-10-19)31-26(34)22-17-29-13-14-30-22/h3-14,17-18,21,23-24H,15-16H2,1-2H3,(H,31,34)(H,32,33)/t21-,23-,24?/m0/s1. The first kappa shape index (κ1) is 26.0. The largest absolute Gasteiger partial charge is 0.552 e. The highest BCUT2D eigenvalue weighted by Crippen LogP contribution is 2.28. The topological polar surface area (TPSA) is 120 Å². The van der Waals surface area contributed by atoms with Crippen molar-refractivity contribution in [3.8, 4) is 0 Å². The molecule has 1 fully saturated rings. The zero-order chi connectivity index (χ0) is 26.2. The first-order valence-electron chi connectivity index (χ1n) is 12.2. The highest BCUT2D eigenvalue weighted by atomic mass is 16.7. The number of carbonyl (C=O) groups excluding carboxylic acids is 3. The summed E-state index contributed by atoms with van der Waals surface area (Å²) < 4.78 is 11.5. The highest BCUT2D eigenvalue weighted by Gasteiger charge is 2.47. The van der Waals surface area contributed by atoms with Gasteiger partial charge in [-0.2, -0.15) is 0 Å². The van der Waals surface area contributed by atoms with Gasteiger partial charge in [-0.1, -0.05) is 74.5 Å². The van der Waals surface area contributed by atoms with Crippen LogP contribution in [0.2, 0.25) is 0 Å². The average molecular weight is 500 g/mol. The van der Waals surface area contributed by atoms with Crippen LogP contribution >= 0.6 is 0 Å². The number of carbonyl (C=O) groups is 3. The van der Waals surface area contributed by atoms with Crippen LogP contribution in [-0.4, -0.2) is 46.9 Å². The Labute approximate surface area is 216 Å². The van der Waals surface area contributed by atoms with Gasteiger partial charge in [-0.05, 0) is 23.5 Å². The molecule has 1 saturated heterocycles. The summed E-state index contributed by atoms with van der Waals surface area (Å²) in [6, 6.07) is 17.5. The Hall–Kier alpha value is -4.05. The maximum absolute atomic E-state index is 13.5. The summed E-state index contributed by atoms with van der Waals surface area (Å²) in [5.74, 6) is -1.88.